The van der Waals surface area contributed by atoms with Crippen LogP contribution in [0.4, 0.5) is 0 Å². The number of fused-ring (bicyclic) bond motifs is 6. The number of benzene rings is 7. The van der Waals surface area contributed by atoms with Crippen molar-refractivity contribution in [2.45, 2.75) is 25.2 Å². The molecule has 0 saturated carbocycles. The van der Waals surface area contributed by atoms with Crippen molar-refractivity contribution in [2.24, 2.45) is 0 Å². The Morgan fingerprint density at radius 3 is 1.64 bits per heavy atom. The fourth-order valence-corrected chi connectivity index (χ4v) is 8.77. The van der Waals surface area contributed by atoms with Crippen LogP contribution in [0.3, 0.4) is 0 Å². The van der Waals surface area contributed by atoms with Gasteiger partial charge in [0.15, 0.2) is 0 Å². The molecule has 2 aliphatic rings. The molecule has 9 aromatic rings. The van der Waals surface area contributed by atoms with Crippen LogP contribution in [-0.4, -0.2) is 0 Å². The normalized spacial score (nSPS) is 15.1. The third kappa shape index (κ3) is 5.82. The van der Waals surface area contributed by atoms with Crippen LogP contribution in [0.15, 0.2) is 191 Å². The summed E-state index contributed by atoms with van der Waals surface area (Å²) in [7, 11) is 0. The molecule has 2 heteroatoms. The average Bonchev–Trinajstić information content (AvgIpc) is 3.82. The summed E-state index contributed by atoms with van der Waals surface area (Å²) in [6.45, 7) is 0. The van der Waals surface area contributed by atoms with Crippen LogP contribution in [0.1, 0.15) is 41.2 Å². The summed E-state index contributed by atoms with van der Waals surface area (Å²) >= 11 is 0. The van der Waals surface area contributed by atoms with Gasteiger partial charge in [0.1, 0.15) is 22.5 Å². The summed E-state index contributed by atoms with van der Waals surface area (Å²) in [5.74, 6) is 1.31. The molecule has 0 amide bonds. The molecule has 2 aliphatic carbocycles. The fourth-order valence-electron chi connectivity index (χ4n) is 8.77. The third-order valence-corrected chi connectivity index (χ3v) is 11.7. The molecule has 1 unspecified atom stereocenters. The summed E-state index contributed by atoms with van der Waals surface area (Å²) in [4.78, 5) is 0. The van der Waals surface area contributed by atoms with Crippen LogP contribution in [0.5, 0.6) is 0 Å². The van der Waals surface area contributed by atoms with Crippen LogP contribution < -0.4 is 0 Å². The van der Waals surface area contributed by atoms with Gasteiger partial charge in [0.2, 0.25) is 0 Å². The van der Waals surface area contributed by atoms with E-state index >= 15 is 0 Å². The molecule has 0 saturated heterocycles. The van der Waals surface area contributed by atoms with Gasteiger partial charge in [-0.1, -0.05) is 133 Å². The molecule has 1 atom stereocenters. The molecule has 0 spiro atoms. The van der Waals surface area contributed by atoms with Crippen molar-refractivity contribution in [3.8, 4) is 44.5 Å². The van der Waals surface area contributed by atoms with E-state index in [2.05, 4.69) is 188 Å². The predicted octanol–water partition coefficient (Wildman–Crippen LogP) is 15.1. The lowest BCUT2D eigenvalue weighted by Gasteiger charge is -2.17. The molecule has 2 nitrogen and oxygen atoms in total. The van der Waals surface area contributed by atoms with E-state index in [1.54, 1.807) is 0 Å². The standard InChI is InChI=1S/C54H38O2/c1-5-13-35(14-6-1)41-25-42(36-15-7-2-8-16-36)28-45(27-41)39-21-23-47-49-33-50-48-24-22-40(32-52(48)56-54(50)34-53(49)55-51(47)31-39)46-29-43(37-17-9-3-10-18-37)26-44(30-46)38-19-11-4-12-20-38/h1-19,22,24-34,38H,20-21,23H2. The number of furan rings is 2. The van der Waals surface area contributed by atoms with Crippen molar-refractivity contribution >= 4 is 44.6 Å². The summed E-state index contributed by atoms with van der Waals surface area (Å²) in [5.41, 5.74) is 17.4. The first-order chi connectivity index (χ1) is 27.7. The minimum atomic E-state index is 0.357. The first kappa shape index (κ1) is 32.5. The predicted molar refractivity (Wildman–Crippen MR) is 234 cm³/mol. The summed E-state index contributed by atoms with van der Waals surface area (Å²) < 4.78 is 13.3. The molecular formula is C54H38O2. The molecule has 0 radical (unpaired) electrons. The Morgan fingerprint density at radius 2 is 1.00 bits per heavy atom. The number of allylic oxidation sites excluding steroid dienone is 5. The highest BCUT2D eigenvalue weighted by Crippen LogP contribution is 2.43. The van der Waals surface area contributed by atoms with Gasteiger partial charge in [-0.15, -0.1) is 0 Å². The van der Waals surface area contributed by atoms with Crippen LogP contribution >= 0.6 is 0 Å². The second-order valence-electron chi connectivity index (χ2n) is 15.2. The lowest BCUT2D eigenvalue weighted by atomic mass is 9.87. The Kier molecular flexibility index (Phi) is 7.81. The molecule has 11 rings (SSSR count). The number of aryl methyl sites for hydroxylation is 1. The Bertz CT molecular complexity index is 2970. The van der Waals surface area contributed by atoms with Crippen molar-refractivity contribution in [1.29, 1.82) is 0 Å². The first-order valence-electron chi connectivity index (χ1n) is 19.6. The van der Waals surface area contributed by atoms with E-state index in [-0.39, 0.29) is 0 Å². The highest BCUT2D eigenvalue weighted by molar-refractivity contribution is 6.11. The van der Waals surface area contributed by atoms with E-state index in [9.17, 15) is 0 Å². The first-order valence-corrected chi connectivity index (χ1v) is 19.6. The zero-order chi connectivity index (χ0) is 37.0. The van der Waals surface area contributed by atoms with Gasteiger partial charge < -0.3 is 8.83 Å². The second-order valence-corrected chi connectivity index (χ2v) is 15.2. The van der Waals surface area contributed by atoms with E-state index in [4.69, 9.17) is 8.83 Å². The second kappa shape index (κ2) is 13.4. The third-order valence-electron chi connectivity index (χ3n) is 11.7. The maximum atomic E-state index is 6.65. The van der Waals surface area contributed by atoms with Gasteiger partial charge in [-0.05, 0) is 129 Å². The maximum absolute atomic E-state index is 6.65. The largest absolute Gasteiger partial charge is 0.456 e. The average molecular weight is 719 g/mol. The van der Waals surface area contributed by atoms with E-state index in [0.717, 1.165) is 58.1 Å². The van der Waals surface area contributed by atoms with Gasteiger partial charge in [0.25, 0.3) is 0 Å². The van der Waals surface area contributed by atoms with Gasteiger partial charge >= 0.3 is 0 Å². The topological polar surface area (TPSA) is 26.3 Å². The summed E-state index contributed by atoms with van der Waals surface area (Å²) in [5, 5.41) is 3.42. The van der Waals surface area contributed by atoms with Crippen molar-refractivity contribution in [2.75, 3.05) is 0 Å². The summed E-state index contributed by atoms with van der Waals surface area (Å²) in [6.07, 6.45) is 14.0. The van der Waals surface area contributed by atoms with E-state index in [1.807, 2.05) is 0 Å². The van der Waals surface area contributed by atoms with E-state index < -0.39 is 0 Å². The molecule has 0 bridgehead atoms. The molecule has 0 fully saturated rings. The SMILES string of the molecule is C1=CCC(c2cc(-c3ccccc3)cc(-c3ccc4c(c3)oc3cc5oc6c(c5cc34)CCC(c3cc(-c4ccccc4)cc(-c4ccccc4)c3)=C6)c2)C=C1. The Hall–Kier alpha value is -6.90. The Morgan fingerprint density at radius 1 is 0.411 bits per heavy atom. The summed E-state index contributed by atoms with van der Waals surface area (Å²) in [6, 6.07) is 57.1. The fraction of sp³-hybridized carbons (Fsp3) is 0.0741. The molecule has 56 heavy (non-hydrogen) atoms. The van der Waals surface area contributed by atoms with Crippen LogP contribution in [0.25, 0.3) is 89.1 Å². The van der Waals surface area contributed by atoms with Crippen molar-refractivity contribution in [1.82, 2.24) is 0 Å². The van der Waals surface area contributed by atoms with Gasteiger partial charge in [-0.2, -0.15) is 0 Å². The van der Waals surface area contributed by atoms with Crippen LogP contribution in [0.2, 0.25) is 0 Å². The zero-order valence-corrected chi connectivity index (χ0v) is 30.9. The van der Waals surface area contributed by atoms with Gasteiger partial charge in [0, 0.05) is 33.7 Å². The molecule has 2 heterocycles. The highest BCUT2D eigenvalue weighted by atomic mass is 16.3. The van der Waals surface area contributed by atoms with Crippen LogP contribution in [0, 0.1) is 0 Å². The van der Waals surface area contributed by atoms with E-state index in [1.165, 1.54) is 66.6 Å². The molecule has 266 valence electrons. The monoisotopic (exact) mass is 718 g/mol. The Labute approximate surface area is 326 Å². The lowest BCUT2D eigenvalue weighted by molar-refractivity contribution is 0.595. The van der Waals surface area contributed by atoms with E-state index in [0.29, 0.717) is 5.92 Å². The van der Waals surface area contributed by atoms with Gasteiger partial charge in [0.05, 0.1) is 0 Å². The Balaban J connectivity index is 0.972. The highest BCUT2D eigenvalue weighted by Gasteiger charge is 2.22. The van der Waals surface area contributed by atoms with Crippen molar-refractivity contribution in [3.63, 3.8) is 0 Å². The molecule has 0 aliphatic heterocycles. The molecule has 7 aromatic carbocycles. The van der Waals surface area contributed by atoms with Gasteiger partial charge in [-0.25, -0.2) is 0 Å². The number of hydrogen-bond acceptors (Lipinski definition) is 2. The zero-order valence-electron chi connectivity index (χ0n) is 30.9. The lowest BCUT2D eigenvalue weighted by Crippen LogP contribution is -1.98. The number of hydrogen-bond donors (Lipinski definition) is 0. The molecular weight excluding hydrogens is 681 g/mol. The minimum Gasteiger partial charge on any atom is -0.456 e. The molecule has 2 aromatic heterocycles. The quantitative estimate of drug-likeness (QED) is 0.171. The van der Waals surface area contributed by atoms with Gasteiger partial charge in [-0.3, -0.25) is 0 Å². The van der Waals surface area contributed by atoms with Crippen molar-refractivity contribution in [3.05, 3.63) is 204 Å². The van der Waals surface area contributed by atoms with Crippen LogP contribution in [-0.2, 0) is 6.42 Å². The smallest absolute Gasteiger partial charge is 0.139 e. The molecule has 0 N–H and O–H groups in total. The number of rotatable bonds is 6. The van der Waals surface area contributed by atoms with Crippen molar-refractivity contribution < 1.29 is 8.83 Å². The maximum Gasteiger partial charge on any atom is 0.139 e. The minimum absolute atomic E-state index is 0.357.